The molecule has 10 heteroatoms. The van der Waals surface area contributed by atoms with Crippen LogP contribution in [0.1, 0.15) is 51.9 Å². The van der Waals surface area contributed by atoms with Crippen molar-refractivity contribution in [1.82, 2.24) is 0 Å². The zero-order valence-corrected chi connectivity index (χ0v) is 31.8. The lowest BCUT2D eigenvalue weighted by Gasteiger charge is -2.62. The first-order valence-corrected chi connectivity index (χ1v) is 26.5. The van der Waals surface area contributed by atoms with Crippen molar-refractivity contribution in [1.29, 1.82) is 0 Å². The zero-order valence-electron chi connectivity index (χ0n) is 28.8. The zero-order chi connectivity index (χ0) is 31.1. The second-order valence-electron chi connectivity index (χ2n) is 16.6. The summed E-state index contributed by atoms with van der Waals surface area (Å²) in [7, 11) is -2.02. The van der Waals surface area contributed by atoms with E-state index in [4.69, 9.17) is 28.1 Å². The van der Waals surface area contributed by atoms with Crippen LogP contribution in [0.15, 0.2) is 22.0 Å². The smallest absolute Gasteiger partial charge is 0.184 e. The fourth-order valence-corrected chi connectivity index (χ4v) is 11.3. The Morgan fingerprint density at radius 2 is 1.57 bits per heavy atom. The minimum Gasteiger partial charge on any atom is -0.417 e. The highest BCUT2D eigenvalue weighted by atomic mass is 28.4. The van der Waals surface area contributed by atoms with Crippen LogP contribution >= 0.6 is 0 Å². The first-order chi connectivity index (χ1) is 19.4. The number of nitrogens with zero attached hydrogens (tertiary/aromatic N) is 2. The quantitative estimate of drug-likeness (QED) is 0.130. The summed E-state index contributed by atoms with van der Waals surface area (Å²) in [5.41, 5.74) is 3.81. The van der Waals surface area contributed by atoms with Crippen molar-refractivity contribution in [3.63, 3.8) is 0 Å². The highest BCUT2D eigenvalue weighted by Crippen LogP contribution is 2.67. The lowest BCUT2D eigenvalue weighted by atomic mass is 9.45. The van der Waals surface area contributed by atoms with Gasteiger partial charge in [0.15, 0.2) is 25.0 Å². The number of allylic oxidation sites excluding steroid dienone is 2. The molecule has 0 aromatic rings. The van der Waals surface area contributed by atoms with Crippen molar-refractivity contribution in [2.75, 3.05) is 27.4 Å². The SMILES string of the molecule is CO/N=C(\CO[Si](C)(C)C)[C@H]1CC[C@H]2[C@@H]3CCC4=C/C(=N/OC)CC[C@]4(C)[C@H]3[C@@H](O[Si](C)(C)C)C[C@]12CO[Si](C)(C)C. The molecule has 42 heavy (non-hydrogen) atoms. The van der Waals surface area contributed by atoms with E-state index in [9.17, 15) is 0 Å². The summed E-state index contributed by atoms with van der Waals surface area (Å²) >= 11 is 0. The lowest BCUT2D eigenvalue weighted by Crippen LogP contribution is -2.61. The van der Waals surface area contributed by atoms with Gasteiger partial charge in [0.25, 0.3) is 0 Å². The van der Waals surface area contributed by atoms with Crippen LogP contribution in [-0.2, 0) is 23.0 Å². The van der Waals surface area contributed by atoms with Crippen molar-refractivity contribution >= 4 is 36.4 Å². The second-order valence-corrected chi connectivity index (χ2v) is 30.1. The Morgan fingerprint density at radius 1 is 0.881 bits per heavy atom. The predicted molar refractivity (Wildman–Crippen MR) is 181 cm³/mol. The number of oxime groups is 2. The van der Waals surface area contributed by atoms with E-state index in [1.54, 1.807) is 19.8 Å². The van der Waals surface area contributed by atoms with Gasteiger partial charge in [0, 0.05) is 24.0 Å². The van der Waals surface area contributed by atoms with Crippen LogP contribution in [0.2, 0.25) is 58.9 Å². The number of hydrogen-bond donors (Lipinski definition) is 0. The Morgan fingerprint density at radius 3 is 2.17 bits per heavy atom. The lowest BCUT2D eigenvalue weighted by molar-refractivity contribution is -0.132. The molecule has 3 saturated carbocycles. The summed E-state index contributed by atoms with van der Waals surface area (Å²) in [5.74, 6) is 1.95. The van der Waals surface area contributed by atoms with Crippen LogP contribution in [0.5, 0.6) is 0 Å². The predicted octanol–water partition coefficient (Wildman–Crippen LogP) is 8.08. The maximum Gasteiger partial charge on any atom is 0.184 e. The summed E-state index contributed by atoms with van der Waals surface area (Å²) in [6, 6.07) is 0. The number of fused-ring (bicyclic) bond motifs is 5. The van der Waals surface area contributed by atoms with Crippen molar-refractivity contribution in [2.24, 2.45) is 44.8 Å². The molecule has 3 fully saturated rings. The van der Waals surface area contributed by atoms with E-state index in [0.29, 0.717) is 24.4 Å². The van der Waals surface area contributed by atoms with Crippen molar-refractivity contribution in [3.8, 4) is 0 Å². The van der Waals surface area contributed by atoms with Gasteiger partial charge < -0.3 is 23.0 Å². The Bertz CT molecular complexity index is 1060. The summed E-state index contributed by atoms with van der Waals surface area (Å²) in [6.07, 6.45) is 10.3. The van der Waals surface area contributed by atoms with E-state index < -0.39 is 25.0 Å². The third kappa shape index (κ3) is 7.36. The third-order valence-electron chi connectivity index (χ3n) is 10.4. The van der Waals surface area contributed by atoms with Gasteiger partial charge in [-0.3, -0.25) is 0 Å². The van der Waals surface area contributed by atoms with Crippen molar-refractivity contribution in [2.45, 2.75) is 117 Å². The summed E-state index contributed by atoms with van der Waals surface area (Å²) in [5, 5.41) is 9.05. The second kappa shape index (κ2) is 12.5. The fraction of sp³-hybridized carbons (Fsp3) is 0.875. The standard InChI is InChI=1S/C32H60N2O5Si3/c1-31-18-17-24(33-35-2)19-23(31)13-14-25-26-15-16-27(28(34-36-3)21-37-40(4,5)6)32(26,22-38-41(7,8)9)20-29(30(25)31)39-42(10,11)12/h19,25-27,29-30H,13-18,20-22H2,1-12H3/b33-24+,34-28+/t25-,26-,27+,29-,30+,31-,32+/m0/s1. The van der Waals surface area contributed by atoms with Crippen molar-refractivity contribution < 1.29 is 23.0 Å². The molecule has 0 spiro atoms. The van der Waals surface area contributed by atoms with Gasteiger partial charge in [-0.15, -0.1) is 0 Å². The Hall–Kier alpha value is -0.789. The van der Waals surface area contributed by atoms with Crippen LogP contribution < -0.4 is 0 Å². The topological polar surface area (TPSA) is 70.9 Å². The van der Waals surface area contributed by atoms with Gasteiger partial charge in [-0.2, -0.15) is 0 Å². The van der Waals surface area contributed by atoms with Gasteiger partial charge in [-0.05, 0) is 133 Å². The first kappa shape index (κ1) is 34.1. The highest BCUT2D eigenvalue weighted by Gasteiger charge is 2.65. The van der Waals surface area contributed by atoms with Gasteiger partial charge in [-0.1, -0.05) is 22.8 Å². The molecule has 0 aromatic carbocycles. The normalized spacial score (nSPS) is 36.7. The molecule has 7 atom stereocenters. The van der Waals surface area contributed by atoms with E-state index in [1.807, 2.05) is 0 Å². The van der Waals surface area contributed by atoms with Gasteiger partial charge >= 0.3 is 0 Å². The maximum absolute atomic E-state index is 7.32. The molecular weight excluding hydrogens is 577 g/mol. The van der Waals surface area contributed by atoms with Crippen LogP contribution in [0.4, 0.5) is 0 Å². The average Bonchev–Trinajstić information content (AvgIpc) is 3.23. The first-order valence-electron chi connectivity index (χ1n) is 16.3. The molecule has 0 unspecified atom stereocenters. The highest BCUT2D eigenvalue weighted by molar-refractivity contribution is 6.70. The van der Waals surface area contributed by atoms with Crippen LogP contribution in [0.3, 0.4) is 0 Å². The molecule has 7 nitrogen and oxygen atoms in total. The molecule has 0 N–H and O–H groups in total. The number of hydrogen-bond acceptors (Lipinski definition) is 7. The molecule has 0 radical (unpaired) electrons. The molecule has 4 aliphatic carbocycles. The Labute approximate surface area is 259 Å². The maximum atomic E-state index is 7.32. The molecule has 0 heterocycles. The summed E-state index contributed by atoms with van der Waals surface area (Å²) < 4.78 is 20.8. The van der Waals surface area contributed by atoms with Crippen LogP contribution in [0.25, 0.3) is 0 Å². The monoisotopic (exact) mass is 636 g/mol. The third-order valence-corrected chi connectivity index (χ3v) is 13.4. The molecule has 0 saturated heterocycles. The molecule has 0 aliphatic heterocycles. The number of rotatable bonds is 11. The minimum absolute atomic E-state index is 0.0269. The van der Waals surface area contributed by atoms with Gasteiger partial charge in [0.05, 0.1) is 18.0 Å². The largest absolute Gasteiger partial charge is 0.417 e. The van der Waals surface area contributed by atoms with Crippen molar-refractivity contribution in [3.05, 3.63) is 11.6 Å². The molecular formula is C32H60N2O5Si3. The van der Waals surface area contributed by atoms with Crippen LogP contribution in [0, 0.1) is 34.5 Å². The Kier molecular flexibility index (Phi) is 10.2. The summed E-state index contributed by atoms with van der Waals surface area (Å²) in [4.78, 5) is 10.7. The molecule has 4 aliphatic rings. The average molecular weight is 637 g/mol. The minimum atomic E-state index is -1.85. The molecule has 240 valence electrons. The van der Waals surface area contributed by atoms with Gasteiger partial charge in [-0.25, -0.2) is 0 Å². The van der Waals surface area contributed by atoms with E-state index in [2.05, 4.69) is 77.1 Å². The fourth-order valence-electron chi connectivity index (χ4n) is 8.92. The van der Waals surface area contributed by atoms with E-state index in [0.717, 1.165) is 50.1 Å². The van der Waals surface area contributed by atoms with Gasteiger partial charge in [0.2, 0.25) is 0 Å². The molecule has 0 aromatic heterocycles. The van der Waals surface area contributed by atoms with E-state index in [1.165, 1.54) is 12.8 Å². The summed E-state index contributed by atoms with van der Waals surface area (Å²) in [6.45, 7) is 24.7. The molecule has 0 amide bonds. The van der Waals surface area contributed by atoms with Crippen LogP contribution in [-0.4, -0.2) is 69.9 Å². The van der Waals surface area contributed by atoms with Gasteiger partial charge in [0.1, 0.15) is 14.2 Å². The molecule has 4 rings (SSSR count). The van der Waals surface area contributed by atoms with E-state index in [-0.39, 0.29) is 22.9 Å². The molecule has 0 bridgehead atoms. The Balaban J connectivity index is 1.81. The van der Waals surface area contributed by atoms with E-state index >= 15 is 0 Å².